The van der Waals surface area contributed by atoms with E-state index in [0.29, 0.717) is 5.16 Å². The first-order valence-electron chi connectivity index (χ1n) is 5.62. The van der Waals surface area contributed by atoms with Gasteiger partial charge in [0.05, 0.1) is 11.0 Å². The number of aromatic nitrogens is 2. The van der Waals surface area contributed by atoms with Crippen molar-refractivity contribution in [1.29, 1.82) is 0 Å². The maximum Gasteiger partial charge on any atom is 0.317 e. The number of nitrogens with zero attached hydrogens (tertiary/aromatic N) is 1. The van der Waals surface area contributed by atoms with Crippen LogP contribution in [0.2, 0.25) is 0 Å². The van der Waals surface area contributed by atoms with Gasteiger partial charge in [-0.05, 0) is 18.6 Å². The average molecular weight is 280 g/mol. The van der Waals surface area contributed by atoms with Gasteiger partial charge in [0.25, 0.3) is 0 Å². The molecule has 0 aliphatic carbocycles. The van der Waals surface area contributed by atoms with Crippen molar-refractivity contribution in [2.45, 2.75) is 23.2 Å². The van der Waals surface area contributed by atoms with Gasteiger partial charge < -0.3 is 15.2 Å². The molecular formula is C12H12N2O4S. The smallest absolute Gasteiger partial charge is 0.317 e. The van der Waals surface area contributed by atoms with Crippen LogP contribution in [0.1, 0.15) is 12.8 Å². The fourth-order valence-corrected chi connectivity index (χ4v) is 2.53. The van der Waals surface area contributed by atoms with Gasteiger partial charge in [-0.3, -0.25) is 9.59 Å². The zero-order valence-corrected chi connectivity index (χ0v) is 10.7. The summed E-state index contributed by atoms with van der Waals surface area (Å²) in [6.45, 7) is 0. The number of fused-ring (bicyclic) bond motifs is 1. The minimum Gasteiger partial charge on any atom is -0.481 e. The summed E-state index contributed by atoms with van der Waals surface area (Å²) < 4.78 is 0. The zero-order valence-electron chi connectivity index (χ0n) is 9.87. The summed E-state index contributed by atoms with van der Waals surface area (Å²) in [7, 11) is 0. The van der Waals surface area contributed by atoms with E-state index in [4.69, 9.17) is 10.2 Å². The lowest BCUT2D eigenvalue weighted by molar-refractivity contribution is -0.138. The maximum atomic E-state index is 11.1. The molecule has 100 valence electrons. The molecule has 19 heavy (non-hydrogen) atoms. The van der Waals surface area contributed by atoms with Crippen molar-refractivity contribution in [3.63, 3.8) is 0 Å². The Kier molecular flexibility index (Phi) is 4.06. The van der Waals surface area contributed by atoms with Crippen molar-refractivity contribution in [2.24, 2.45) is 0 Å². The molecule has 2 aromatic rings. The maximum absolute atomic E-state index is 11.1. The Balaban J connectivity index is 2.11. The Labute approximate surface area is 112 Å². The minimum atomic E-state index is -1.04. The molecule has 2 rings (SSSR count). The van der Waals surface area contributed by atoms with Gasteiger partial charge in [0.1, 0.15) is 5.25 Å². The lowest BCUT2D eigenvalue weighted by Gasteiger charge is -2.07. The van der Waals surface area contributed by atoms with Crippen molar-refractivity contribution in [3.05, 3.63) is 24.3 Å². The second kappa shape index (κ2) is 5.75. The van der Waals surface area contributed by atoms with Gasteiger partial charge in [0.15, 0.2) is 5.16 Å². The van der Waals surface area contributed by atoms with E-state index in [0.717, 1.165) is 22.8 Å². The van der Waals surface area contributed by atoms with Crippen LogP contribution in [-0.2, 0) is 9.59 Å². The molecule has 0 aliphatic heterocycles. The average Bonchev–Trinajstić information content (AvgIpc) is 2.76. The summed E-state index contributed by atoms with van der Waals surface area (Å²) in [6.07, 6.45) is -0.115. The molecule has 7 heteroatoms. The Morgan fingerprint density at radius 2 is 2.05 bits per heavy atom. The summed E-state index contributed by atoms with van der Waals surface area (Å²) in [5, 5.41) is 17.3. The Hall–Kier alpha value is -2.02. The highest BCUT2D eigenvalue weighted by atomic mass is 32.2. The van der Waals surface area contributed by atoms with Gasteiger partial charge >= 0.3 is 11.9 Å². The summed E-state index contributed by atoms with van der Waals surface area (Å²) in [5.41, 5.74) is 1.58. The Morgan fingerprint density at radius 1 is 1.32 bits per heavy atom. The van der Waals surface area contributed by atoms with Crippen LogP contribution in [0.4, 0.5) is 0 Å². The highest BCUT2D eigenvalue weighted by molar-refractivity contribution is 8.00. The highest BCUT2D eigenvalue weighted by Gasteiger charge is 2.21. The quantitative estimate of drug-likeness (QED) is 0.699. The lowest BCUT2D eigenvalue weighted by atomic mass is 10.2. The van der Waals surface area contributed by atoms with Crippen molar-refractivity contribution >= 4 is 34.7 Å². The monoisotopic (exact) mass is 280 g/mol. The second-order valence-electron chi connectivity index (χ2n) is 3.94. The predicted octanol–water partition coefficient (Wildman–Crippen LogP) is 1.97. The first kappa shape index (κ1) is 13.4. The van der Waals surface area contributed by atoms with Crippen molar-refractivity contribution in [2.75, 3.05) is 0 Å². The number of carbonyl (C=O) groups is 2. The van der Waals surface area contributed by atoms with Crippen LogP contribution in [0.25, 0.3) is 11.0 Å². The number of aromatic amines is 1. The van der Waals surface area contributed by atoms with Gasteiger partial charge in [0.2, 0.25) is 0 Å². The third-order valence-electron chi connectivity index (χ3n) is 2.52. The number of carboxylic acid groups (broad SMARTS) is 2. The minimum absolute atomic E-state index is 0.0619. The number of H-pyrrole nitrogens is 1. The number of carboxylic acids is 2. The molecule has 0 bridgehead atoms. The van der Waals surface area contributed by atoms with Crippen molar-refractivity contribution < 1.29 is 19.8 Å². The van der Waals surface area contributed by atoms with Crippen molar-refractivity contribution in [1.82, 2.24) is 9.97 Å². The van der Waals surface area contributed by atoms with E-state index in [1.165, 1.54) is 0 Å². The number of hydrogen-bond acceptors (Lipinski definition) is 4. The van der Waals surface area contributed by atoms with E-state index in [1.54, 1.807) is 0 Å². The standard InChI is InChI=1S/C12H12N2O4S/c15-10(16)6-5-9(11(17)18)19-12-13-7-3-1-2-4-8(7)14-12/h1-4,9H,5-6H2,(H,13,14)(H,15,16)(H,17,18). The van der Waals surface area contributed by atoms with Gasteiger partial charge in [-0.2, -0.15) is 0 Å². The predicted molar refractivity (Wildman–Crippen MR) is 70.2 cm³/mol. The van der Waals surface area contributed by atoms with Crippen LogP contribution < -0.4 is 0 Å². The molecule has 0 amide bonds. The van der Waals surface area contributed by atoms with Gasteiger partial charge in [-0.1, -0.05) is 23.9 Å². The number of aliphatic carboxylic acids is 2. The number of rotatable bonds is 6. The molecule has 3 N–H and O–H groups in total. The molecule has 0 saturated carbocycles. The topological polar surface area (TPSA) is 103 Å². The van der Waals surface area contributed by atoms with Crippen LogP contribution in [-0.4, -0.2) is 37.4 Å². The molecule has 1 atom stereocenters. The molecule has 6 nitrogen and oxygen atoms in total. The number of para-hydroxylation sites is 2. The molecule has 1 unspecified atom stereocenters. The molecule has 1 aromatic carbocycles. The second-order valence-corrected chi connectivity index (χ2v) is 5.13. The lowest BCUT2D eigenvalue weighted by Crippen LogP contribution is -2.17. The number of thioether (sulfide) groups is 1. The summed E-state index contributed by atoms with van der Waals surface area (Å²) in [6, 6.07) is 7.37. The molecule has 1 aromatic heterocycles. The van der Waals surface area contributed by atoms with Crippen LogP contribution in [0.15, 0.2) is 29.4 Å². The SMILES string of the molecule is O=C(O)CCC(Sc1nc2ccccc2[nH]1)C(=O)O. The third kappa shape index (κ3) is 3.47. The Bertz CT molecular complexity index is 578. The number of benzene rings is 1. The Morgan fingerprint density at radius 3 is 2.68 bits per heavy atom. The van der Waals surface area contributed by atoms with Gasteiger partial charge in [0, 0.05) is 6.42 Å². The van der Waals surface area contributed by atoms with E-state index < -0.39 is 17.2 Å². The highest BCUT2D eigenvalue weighted by Crippen LogP contribution is 2.26. The first-order chi connectivity index (χ1) is 9.06. The summed E-state index contributed by atoms with van der Waals surface area (Å²) in [5.74, 6) is -2.04. The van der Waals surface area contributed by atoms with Crippen LogP contribution in [0, 0.1) is 0 Å². The van der Waals surface area contributed by atoms with E-state index in [9.17, 15) is 9.59 Å². The van der Waals surface area contributed by atoms with Crippen molar-refractivity contribution in [3.8, 4) is 0 Å². The van der Waals surface area contributed by atoms with Gasteiger partial charge in [-0.25, -0.2) is 4.98 Å². The number of hydrogen-bond donors (Lipinski definition) is 3. The van der Waals surface area contributed by atoms with E-state index in [1.807, 2.05) is 24.3 Å². The molecule has 0 saturated heterocycles. The van der Waals surface area contributed by atoms with Crippen LogP contribution in [0.3, 0.4) is 0 Å². The van der Waals surface area contributed by atoms with Gasteiger partial charge in [-0.15, -0.1) is 0 Å². The fraction of sp³-hybridized carbons (Fsp3) is 0.250. The molecular weight excluding hydrogens is 268 g/mol. The molecule has 0 radical (unpaired) electrons. The first-order valence-corrected chi connectivity index (χ1v) is 6.50. The molecule has 0 aliphatic rings. The molecule has 0 spiro atoms. The largest absolute Gasteiger partial charge is 0.481 e. The van der Waals surface area contributed by atoms with E-state index in [2.05, 4.69) is 9.97 Å². The summed E-state index contributed by atoms with van der Waals surface area (Å²) in [4.78, 5) is 28.8. The van der Waals surface area contributed by atoms with Crippen LogP contribution >= 0.6 is 11.8 Å². The van der Waals surface area contributed by atoms with Crippen LogP contribution in [0.5, 0.6) is 0 Å². The fourth-order valence-electron chi connectivity index (χ4n) is 1.61. The third-order valence-corrected chi connectivity index (χ3v) is 3.66. The zero-order chi connectivity index (χ0) is 13.8. The molecule has 1 heterocycles. The number of nitrogens with one attached hydrogen (secondary N) is 1. The molecule has 0 fully saturated rings. The summed E-state index contributed by atoms with van der Waals surface area (Å²) >= 11 is 1.03. The van der Waals surface area contributed by atoms with E-state index in [-0.39, 0.29) is 12.8 Å². The van der Waals surface area contributed by atoms with E-state index >= 15 is 0 Å². The normalized spacial score (nSPS) is 12.4. The number of imidazole rings is 1.